The summed E-state index contributed by atoms with van der Waals surface area (Å²) < 4.78 is 59.2. The number of imidazole rings is 1. The van der Waals surface area contributed by atoms with E-state index in [0.29, 0.717) is 54.1 Å². The highest BCUT2D eigenvalue weighted by Crippen LogP contribution is 2.42. The molecule has 1 fully saturated rings. The van der Waals surface area contributed by atoms with Gasteiger partial charge in [-0.3, -0.25) is 14.1 Å². The minimum atomic E-state index is -1.83. The Bertz CT molecular complexity index is 1380. The Balaban J connectivity index is 1.82. The number of likely N-dealkylation sites (tertiary alicyclic amines) is 1. The van der Waals surface area contributed by atoms with Crippen molar-refractivity contribution in [2.24, 2.45) is 10.7 Å². The molecule has 1 unspecified atom stereocenters. The van der Waals surface area contributed by atoms with Crippen molar-refractivity contribution in [3.8, 4) is 22.8 Å². The van der Waals surface area contributed by atoms with E-state index < -0.39 is 22.5 Å². The number of hydrogen-bond donors (Lipinski definition) is 2. The molecule has 1 aliphatic rings. The lowest BCUT2D eigenvalue weighted by atomic mass is 9.86. The van der Waals surface area contributed by atoms with Crippen molar-refractivity contribution in [3.05, 3.63) is 53.1 Å². The molecule has 0 bridgehead atoms. The zero-order chi connectivity index (χ0) is 26.7. The number of nitrogens with one attached hydrogen (secondary N) is 1. The average Bonchev–Trinajstić information content (AvgIpc) is 3.31. The van der Waals surface area contributed by atoms with Crippen LogP contribution in [0.1, 0.15) is 18.4 Å². The van der Waals surface area contributed by atoms with Crippen LogP contribution in [0.4, 0.5) is 14.5 Å². The van der Waals surface area contributed by atoms with Crippen molar-refractivity contribution in [2.45, 2.75) is 18.5 Å². The zero-order valence-electron chi connectivity index (χ0n) is 21.1. The van der Waals surface area contributed by atoms with E-state index in [9.17, 15) is 4.21 Å². The first-order valence-corrected chi connectivity index (χ1v) is 12.7. The van der Waals surface area contributed by atoms with Crippen LogP contribution in [0.3, 0.4) is 0 Å². The van der Waals surface area contributed by atoms with Gasteiger partial charge in [0.05, 0.1) is 36.7 Å². The molecule has 0 amide bonds. The molecule has 12 heteroatoms. The largest absolute Gasteiger partial charge is 0.496 e. The smallest absolute Gasteiger partial charge is 0.178 e. The van der Waals surface area contributed by atoms with Gasteiger partial charge in [0.15, 0.2) is 22.6 Å². The van der Waals surface area contributed by atoms with Crippen LogP contribution in [0.2, 0.25) is 0 Å². The second-order valence-corrected chi connectivity index (χ2v) is 9.97. The lowest BCUT2D eigenvalue weighted by Crippen LogP contribution is -2.38. The second kappa shape index (κ2) is 10.9. The molecule has 1 aromatic carbocycles. The van der Waals surface area contributed by atoms with Gasteiger partial charge in [0.2, 0.25) is 0 Å². The van der Waals surface area contributed by atoms with Crippen LogP contribution in [0, 0.1) is 5.82 Å². The fourth-order valence-electron chi connectivity index (χ4n) is 4.43. The van der Waals surface area contributed by atoms with Crippen LogP contribution >= 0.6 is 0 Å². The van der Waals surface area contributed by atoms with Crippen molar-refractivity contribution in [1.29, 1.82) is 0 Å². The van der Waals surface area contributed by atoms with Gasteiger partial charge in [-0.2, -0.15) is 0 Å². The number of halogens is 2. The van der Waals surface area contributed by atoms with Gasteiger partial charge in [0.1, 0.15) is 17.1 Å². The normalized spacial score (nSPS) is 17.3. The first kappa shape index (κ1) is 26.6. The number of hydrogen-bond acceptors (Lipinski definition) is 7. The van der Waals surface area contributed by atoms with Crippen LogP contribution in [0.15, 0.2) is 46.7 Å². The number of pyridine rings is 1. The Hall–Kier alpha value is -3.51. The topological polar surface area (TPSA) is 106 Å². The Morgan fingerprint density at radius 2 is 2.00 bits per heavy atom. The summed E-state index contributed by atoms with van der Waals surface area (Å²) in [6.45, 7) is 1.23. The summed E-state index contributed by atoms with van der Waals surface area (Å²) in [4.78, 5) is 10.5. The molecule has 1 aliphatic heterocycles. The van der Waals surface area contributed by atoms with Crippen LogP contribution in [-0.2, 0) is 16.7 Å². The van der Waals surface area contributed by atoms with Gasteiger partial charge in [-0.15, -0.1) is 0 Å². The summed E-state index contributed by atoms with van der Waals surface area (Å²) in [5.74, 6) is -0.385. The van der Waals surface area contributed by atoms with E-state index in [2.05, 4.69) is 19.6 Å². The maximum Gasteiger partial charge on any atom is 0.178 e. The summed E-state index contributed by atoms with van der Waals surface area (Å²) in [6, 6.07) is 4.55. The predicted molar refractivity (Wildman–Crippen MR) is 142 cm³/mol. The van der Waals surface area contributed by atoms with E-state index in [-0.39, 0.29) is 16.3 Å². The molecule has 0 radical (unpaired) electrons. The molecule has 4 rings (SSSR count). The van der Waals surface area contributed by atoms with Crippen molar-refractivity contribution in [2.75, 3.05) is 46.1 Å². The summed E-state index contributed by atoms with van der Waals surface area (Å²) in [6.07, 6.45) is 6.37. The molecule has 3 aromatic rings. The molecule has 3 heterocycles. The van der Waals surface area contributed by atoms with Gasteiger partial charge < -0.3 is 20.1 Å². The molecular formula is C25H30F2N6O3S. The fourth-order valence-corrected chi connectivity index (χ4v) is 5.22. The average molecular weight is 533 g/mol. The SMILES string of the molecule is CN=C/C(=C\N)S(=O)Nc1cc(-c2cnc3cc(OC)c(C4(F)CCN(C)CC4)cn23)cc(F)c1OC. The highest BCUT2D eigenvalue weighted by Gasteiger charge is 2.38. The van der Waals surface area contributed by atoms with Gasteiger partial charge in [-0.1, -0.05) is 0 Å². The van der Waals surface area contributed by atoms with Gasteiger partial charge >= 0.3 is 0 Å². The fraction of sp³-hybridized carbons (Fsp3) is 0.360. The lowest BCUT2D eigenvalue weighted by Gasteiger charge is -2.35. The molecule has 3 N–H and O–H groups in total. The molecule has 37 heavy (non-hydrogen) atoms. The van der Waals surface area contributed by atoms with Crippen LogP contribution in [0.5, 0.6) is 11.5 Å². The molecular weight excluding hydrogens is 502 g/mol. The third kappa shape index (κ3) is 5.16. The van der Waals surface area contributed by atoms with Crippen molar-refractivity contribution < 1.29 is 22.5 Å². The number of allylic oxidation sites excluding steroid dienone is 1. The number of nitrogens with two attached hydrogens (primary N) is 1. The Morgan fingerprint density at radius 3 is 2.62 bits per heavy atom. The minimum Gasteiger partial charge on any atom is -0.496 e. The van der Waals surface area contributed by atoms with Gasteiger partial charge in [-0.25, -0.2) is 18.0 Å². The predicted octanol–water partition coefficient (Wildman–Crippen LogP) is 3.62. The molecule has 198 valence electrons. The highest BCUT2D eigenvalue weighted by molar-refractivity contribution is 7.91. The van der Waals surface area contributed by atoms with Crippen LogP contribution < -0.4 is 19.9 Å². The summed E-state index contributed by atoms with van der Waals surface area (Å²) in [5.41, 5.74) is 5.97. The van der Waals surface area contributed by atoms with Gasteiger partial charge in [-0.05, 0) is 32.0 Å². The number of aliphatic imine (C=N–C) groups is 1. The number of piperidine rings is 1. The maximum atomic E-state index is 16.1. The van der Waals surface area contributed by atoms with E-state index in [4.69, 9.17) is 15.2 Å². The van der Waals surface area contributed by atoms with E-state index in [0.717, 1.165) is 6.20 Å². The molecule has 0 saturated carbocycles. The van der Waals surface area contributed by atoms with E-state index in [1.807, 2.05) is 7.05 Å². The quantitative estimate of drug-likeness (QED) is 0.429. The Morgan fingerprint density at radius 1 is 1.27 bits per heavy atom. The third-order valence-electron chi connectivity index (χ3n) is 6.47. The Kier molecular flexibility index (Phi) is 7.79. The molecule has 9 nitrogen and oxygen atoms in total. The number of anilines is 1. The molecule has 2 aromatic heterocycles. The molecule has 1 atom stereocenters. The van der Waals surface area contributed by atoms with Crippen molar-refractivity contribution in [1.82, 2.24) is 14.3 Å². The second-order valence-electron chi connectivity index (χ2n) is 8.76. The number of rotatable bonds is 8. The number of ether oxygens (including phenoxy) is 2. The standard InChI is InChI=1S/C25H30F2N6O3S/c1-29-13-17(12-28)37(34)31-20-10-16(9-19(26)24(20)36-4)21-14-30-23-11-22(35-3)18(15-33(21)23)25(27)5-7-32(2)8-6-25/h9-15,31H,5-8,28H2,1-4H3/b17-12+,29-13?. The Labute approximate surface area is 216 Å². The zero-order valence-corrected chi connectivity index (χ0v) is 21.9. The van der Waals surface area contributed by atoms with Crippen LogP contribution in [-0.4, -0.2) is 66.1 Å². The minimum absolute atomic E-state index is 0.118. The van der Waals surface area contributed by atoms with Crippen molar-refractivity contribution >= 4 is 28.5 Å². The first-order valence-electron chi connectivity index (χ1n) is 11.6. The number of benzene rings is 1. The molecule has 1 saturated heterocycles. The van der Waals surface area contributed by atoms with Crippen molar-refractivity contribution in [3.63, 3.8) is 0 Å². The first-order chi connectivity index (χ1) is 17.7. The van der Waals surface area contributed by atoms with Crippen LogP contribution in [0.25, 0.3) is 16.9 Å². The third-order valence-corrected chi connectivity index (χ3v) is 7.55. The summed E-state index contributed by atoms with van der Waals surface area (Å²) in [7, 11) is 4.46. The van der Waals surface area contributed by atoms with E-state index in [1.165, 1.54) is 33.5 Å². The summed E-state index contributed by atoms with van der Waals surface area (Å²) >= 11 is 0. The van der Waals surface area contributed by atoms with Gasteiger partial charge in [0, 0.05) is 55.9 Å². The van der Waals surface area contributed by atoms with E-state index in [1.54, 1.807) is 28.9 Å². The number of nitrogens with zero attached hydrogens (tertiary/aromatic N) is 4. The maximum absolute atomic E-state index is 16.1. The number of fused-ring (bicyclic) bond motifs is 1. The molecule has 0 aliphatic carbocycles. The monoisotopic (exact) mass is 532 g/mol. The van der Waals surface area contributed by atoms with E-state index >= 15 is 8.78 Å². The highest BCUT2D eigenvalue weighted by atomic mass is 32.2. The molecule has 0 spiro atoms. The van der Waals surface area contributed by atoms with Gasteiger partial charge in [0.25, 0.3) is 0 Å². The lowest BCUT2D eigenvalue weighted by molar-refractivity contribution is 0.0646. The number of methoxy groups -OCH3 is 2. The number of aromatic nitrogens is 2. The summed E-state index contributed by atoms with van der Waals surface area (Å²) in [5, 5.41) is 0. The number of alkyl halides is 1.